The van der Waals surface area contributed by atoms with E-state index in [2.05, 4.69) is 15.0 Å². The van der Waals surface area contributed by atoms with Crippen molar-refractivity contribution in [3.8, 4) is 11.4 Å². The highest BCUT2D eigenvalue weighted by atomic mass is 35.5. The zero-order chi connectivity index (χ0) is 15.1. The predicted octanol–water partition coefficient (Wildman–Crippen LogP) is 2.06. The molecule has 2 heterocycles. The molecule has 1 aromatic carbocycles. The van der Waals surface area contributed by atoms with Crippen LogP contribution in [0.2, 0.25) is 5.02 Å². The zero-order valence-electron chi connectivity index (χ0n) is 11.5. The van der Waals surface area contributed by atoms with E-state index in [0.717, 1.165) is 11.1 Å². The molecular weight excluding hydrogens is 292 g/mol. The Labute approximate surface area is 124 Å². The molecule has 0 saturated heterocycles. The predicted molar refractivity (Wildman–Crippen MR) is 81.8 cm³/mol. The summed E-state index contributed by atoms with van der Waals surface area (Å²) in [5.74, 6) is 0.508. The highest BCUT2D eigenvalue weighted by Gasteiger charge is 2.13. The molecule has 2 N–H and O–H groups in total. The van der Waals surface area contributed by atoms with Gasteiger partial charge in [0.15, 0.2) is 5.65 Å². The molecule has 3 aromatic rings. The highest BCUT2D eigenvalue weighted by Crippen LogP contribution is 2.23. The molecule has 6 nitrogen and oxygen atoms in total. The third-order valence-corrected chi connectivity index (χ3v) is 3.48. The molecule has 0 unspecified atom stereocenters. The first-order chi connectivity index (χ1) is 9.99. The molecule has 0 radical (unpaired) electrons. The first kappa shape index (κ1) is 13.6. The van der Waals surface area contributed by atoms with Crippen LogP contribution in [-0.2, 0) is 6.54 Å². The Balaban J connectivity index is 2.33. The van der Waals surface area contributed by atoms with E-state index in [9.17, 15) is 9.59 Å². The summed E-state index contributed by atoms with van der Waals surface area (Å²) in [4.78, 5) is 33.3. The Morgan fingerprint density at radius 2 is 2.00 bits per heavy atom. The Morgan fingerprint density at radius 3 is 2.67 bits per heavy atom. The summed E-state index contributed by atoms with van der Waals surface area (Å²) >= 11 is 6.05. The molecule has 3 rings (SSSR count). The van der Waals surface area contributed by atoms with Crippen molar-refractivity contribution < 1.29 is 0 Å². The van der Waals surface area contributed by atoms with Gasteiger partial charge in [0.05, 0.1) is 0 Å². The van der Waals surface area contributed by atoms with Crippen LogP contribution in [-0.4, -0.2) is 19.5 Å². The molecule has 0 amide bonds. The number of rotatable bonds is 2. The average Bonchev–Trinajstić information content (AvgIpc) is 2.83. The van der Waals surface area contributed by atoms with Gasteiger partial charge in [-0.05, 0) is 37.6 Å². The number of aryl methyl sites for hydroxylation is 2. The minimum atomic E-state index is -0.475. The SMILES string of the molecule is CCn1c(=O)[nH]c(=O)c2[nH]c(-c3cc(C)cc(Cl)c3)nc21. The van der Waals surface area contributed by atoms with Crippen LogP contribution in [0.15, 0.2) is 27.8 Å². The van der Waals surface area contributed by atoms with Crippen LogP contribution < -0.4 is 11.2 Å². The topological polar surface area (TPSA) is 83.5 Å². The van der Waals surface area contributed by atoms with Crippen molar-refractivity contribution in [1.29, 1.82) is 0 Å². The number of benzene rings is 1. The molecule has 0 aliphatic heterocycles. The summed E-state index contributed by atoms with van der Waals surface area (Å²) in [5.41, 5.74) is 1.45. The Kier molecular flexibility index (Phi) is 3.17. The molecule has 0 spiro atoms. The van der Waals surface area contributed by atoms with Crippen molar-refractivity contribution in [2.75, 3.05) is 0 Å². The lowest BCUT2D eigenvalue weighted by Crippen LogP contribution is -2.29. The largest absolute Gasteiger partial charge is 0.332 e. The molecule has 21 heavy (non-hydrogen) atoms. The van der Waals surface area contributed by atoms with E-state index in [4.69, 9.17) is 11.6 Å². The number of fused-ring (bicyclic) bond motifs is 1. The van der Waals surface area contributed by atoms with Crippen molar-refractivity contribution >= 4 is 22.8 Å². The smallest absolute Gasteiger partial charge is 0.330 e. The maximum atomic E-state index is 11.9. The number of aromatic nitrogens is 4. The van der Waals surface area contributed by atoms with Crippen molar-refractivity contribution in [3.63, 3.8) is 0 Å². The van der Waals surface area contributed by atoms with Crippen LogP contribution in [0.25, 0.3) is 22.6 Å². The molecule has 0 aliphatic carbocycles. The number of nitrogens with one attached hydrogen (secondary N) is 2. The molecule has 7 heteroatoms. The number of nitrogens with zero attached hydrogens (tertiary/aromatic N) is 2. The van der Waals surface area contributed by atoms with Crippen molar-refractivity contribution in [1.82, 2.24) is 19.5 Å². The zero-order valence-corrected chi connectivity index (χ0v) is 12.3. The first-order valence-electron chi connectivity index (χ1n) is 6.50. The molecule has 0 bridgehead atoms. The van der Waals surface area contributed by atoms with E-state index in [1.807, 2.05) is 26.0 Å². The second-order valence-corrected chi connectivity index (χ2v) is 5.24. The van der Waals surface area contributed by atoms with Crippen molar-refractivity contribution in [2.45, 2.75) is 20.4 Å². The van der Waals surface area contributed by atoms with Gasteiger partial charge in [-0.25, -0.2) is 9.78 Å². The van der Waals surface area contributed by atoms with E-state index in [-0.39, 0.29) is 5.52 Å². The maximum absolute atomic E-state index is 11.9. The average molecular weight is 305 g/mol. The highest BCUT2D eigenvalue weighted by molar-refractivity contribution is 6.30. The van der Waals surface area contributed by atoms with Crippen LogP contribution >= 0.6 is 11.6 Å². The lowest BCUT2D eigenvalue weighted by Gasteiger charge is -2.00. The van der Waals surface area contributed by atoms with Gasteiger partial charge in [-0.3, -0.25) is 14.3 Å². The van der Waals surface area contributed by atoms with Gasteiger partial charge in [0.1, 0.15) is 11.3 Å². The fourth-order valence-corrected chi connectivity index (χ4v) is 2.63. The fraction of sp³-hybridized carbons (Fsp3) is 0.214. The van der Waals surface area contributed by atoms with Crippen LogP contribution in [0.5, 0.6) is 0 Å². The quantitative estimate of drug-likeness (QED) is 0.760. The number of H-pyrrole nitrogens is 2. The number of hydrogen-bond acceptors (Lipinski definition) is 3. The van der Waals surface area contributed by atoms with Gasteiger partial charge in [0, 0.05) is 17.1 Å². The monoisotopic (exact) mass is 304 g/mol. The summed E-state index contributed by atoms with van der Waals surface area (Å²) in [6.45, 7) is 4.16. The van der Waals surface area contributed by atoms with Gasteiger partial charge >= 0.3 is 5.69 Å². The van der Waals surface area contributed by atoms with E-state index >= 15 is 0 Å². The molecule has 0 saturated carbocycles. The van der Waals surface area contributed by atoms with Crippen LogP contribution in [0.4, 0.5) is 0 Å². The van der Waals surface area contributed by atoms with Crippen molar-refractivity contribution in [2.24, 2.45) is 0 Å². The van der Waals surface area contributed by atoms with E-state index in [1.54, 1.807) is 6.07 Å². The van der Waals surface area contributed by atoms with Gasteiger partial charge < -0.3 is 4.98 Å². The second kappa shape index (κ2) is 4.89. The van der Waals surface area contributed by atoms with Gasteiger partial charge in [0.2, 0.25) is 0 Å². The minimum absolute atomic E-state index is 0.282. The molecule has 0 atom stereocenters. The second-order valence-electron chi connectivity index (χ2n) is 4.80. The van der Waals surface area contributed by atoms with Gasteiger partial charge in [0.25, 0.3) is 5.56 Å². The third kappa shape index (κ3) is 2.27. The normalized spacial score (nSPS) is 11.2. The molecule has 108 valence electrons. The Morgan fingerprint density at radius 1 is 1.24 bits per heavy atom. The number of hydrogen-bond donors (Lipinski definition) is 2. The van der Waals surface area contributed by atoms with Gasteiger partial charge in [-0.2, -0.15) is 0 Å². The lowest BCUT2D eigenvalue weighted by molar-refractivity contribution is 0.720. The number of aromatic amines is 2. The summed E-state index contributed by atoms with van der Waals surface area (Å²) in [6, 6.07) is 5.50. The van der Waals surface area contributed by atoms with E-state index < -0.39 is 11.2 Å². The molecular formula is C14H13ClN4O2. The summed E-state index contributed by atoms with van der Waals surface area (Å²) in [6.07, 6.45) is 0. The number of halogens is 1. The summed E-state index contributed by atoms with van der Waals surface area (Å²) in [7, 11) is 0. The standard InChI is InChI=1S/C14H13ClN4O2/c1-3-19-12-10(13(20)18-14(19)21)16-11(17-12)8-4-7(2)5-9(15)6-8/h4-6H,3H2,1-2H3,(H,16,17)(H,18,20,21). The molecule has 0 fully saturated rings. The van der Waals surface area contributed by atoms with E-state index in [0.29, 0.717) is 23.0 Å². The maximum Gasteiger partial charge on any atom is 0.330 e. The third-order valence-electron chi connectivity index (χ3n) is 3.26. The summed E-state index contributed by atoms with van der Waals surface area (Å²) < 4.78 is 1.41. The fourth-order valence-electron chi connectivity index (χ4n) is 2.34. The Hall–Kier alpha value is -2.34. The van der Waals surface area contributed by atoms with Crippen LogP contribution in [0, 0.1) is 6.92 Å². The Bertz CT molecular complexity index is 931. The summed E-state index contributed by atoms with van der Waals surface area (Å²) in [5, 5.41) is 0.590. The lowest BCUT2D eigenvalue weighted by atomic mass is 10.1. The van der Waals surface area contributed by atoms with Gasteiger partial charge in [-0.15, -0.1) is 0 Å². The molecule has 2 aromatic heterocycles. The van der Waals surface area contributed by atoms with Crippen molar-refractivity contribution in [3.05, 3.63) is 49.6 Å². The van der Waals surface area contributed by atoms with Crippen LogP contribution in [0.1, 0.15) is 12.5 Å². The van der Waals surface area contributed by atoms with Crippen LogP contribution in [0.3, 0.4) is 0 Å². The molecule has 0 aliphatic rings. The number of imidazole rings is 1. The minimum Gasteiger partial charge on any atom is -0.332 e. The van der Waals surface area contributed by atoms with E-state index in [1.165, 1.54) is 4.57 Å². The first-order valence-corrected chi connectivity index (χ1v) is 6.88. The van der Waals surface area contributed by atoms with Gasteiger partial charge in [-0.1, -0.05) is 11.6 Å².